The minimum Gasteiger partial charge on any atom is -0.466 e. The average Bonchev–Trinajstić information content (AvgIpc) is 3.25. The van der Waals surface area contributed by atoms with Crippen LogP contribution >= 0.6 is 0 Å². The zero-order chi connectivity index (χ0) is 43.7. The number of ether oxygens (including phenoxy) is 1. The molecule has 3 N–H and O–H groups in total. The van der Waals surface area contributed by atoms with Crippen molar-refractivity contribution in [2.24, 2.45) is 0 Å². The molecule has 0 saturated carbocycles. The number of carbonyl (C=O) groups excluding carboxylic acids is 2. The van der Waals surface area contributed by atoms with Gasteiger partial charge in [-0.2, -0.15) is 0 Å². The number of hydrogen-bond donors (Lipinski definition) is 3. The highest BCUT2D eigenvalue weighted by Crippen LogP contribution is 2.16. The van der Waals surface area contributed by atoms with Crippen LogP contribution < -0.4 is 5.32 Å². The molecule has 1 amide bonds. The summed E-state index contributed by atoms with van der Waals surface area (Å²) in [6.45, 7) is 4.91. The summed E-state index contributed by atoms with van der Waals surface area (Å²) in [6.07, 6.45) is 58.6. The van der Waals surface area contributed by atoms with Gasteiger partial charge in [0.2, 0.25) is 5.91 Å². The highest BCUT2D eigenvalue weighted by atomic mass is 16.5. The molecule has 6 nitrogen and oxygen atoms in total. The number of aliphatic hydroxyl groups excluding tert-OH is 2. The number of hydrogen-bond acceptors (Lipinski definition) is 5. The van der Waals surface area contributed by atoms with Crippen LogP contribution in [0.25, 0.3) is 0 Å². The van der Waals surface area contributed by atoms with Crippen molar-refractivity contribution in [3.05, 3.63) is 24.3 Å². The lowest BCUT2D eigenvalue weighted by Crippen LogP contribution is -2.45. The molecular weight excluding hydrogens is 743 g/mol. The summed E-state index contributed by atoms with van der Waals surface area (Å²) in [5.74, 6) is -0.0643. The van der Waals surface area contributed by atoms with Crippen molar-refractivity contribution in [3.8, 4) is 0 Å². The number of amides is 1. The van der Waals surface area contributed by atoms with Crippen molar-refractivity contribution in [2.75, 3.05) is 13.2 Å². The van der Waals surface area contributed by atoms with Gasteiger partial charge in [-0.1, -0.05) is 218 Å². The molecule has 0 radical (unpaired) electrons. The van der Waals surface area contributed by atoms with Crippen LogP contribution in [-0.2, 0) is 14.3 Å². The number of esters is 1. The molecule has 0 aromatic heterocycles. The molecule has 0 spiro atoms. The summed E-state index contributed by atoms with van der Waals surface area (Å²) in [7, 11) is 0. The minimum atomic E-state index is -0.674. The second kappa shape index (κ2) is 50.0. The highest BCUT2D eigenvalue weighted by molar-refractivity contribution is 5.76. The Labute approximate surface area is 373 Å². The third-order valence-corrected chi connectivity index (χ3v) is 12.2. The van der Waals surface area contributed by atoms with Crippen molar-refractivity contribution in [3.63, 3.8) is 0 Å². The maximum absolute atomic E-state index is 12.4. The Morgan fingerprint density at radius 1 is 0.450 bits per heavy atom. The summed E-state index contributed by atoms with van der Waals surface area (Å²) in [5, 5.41) is 23.2. The van der Waals surface area contributed by atoms with Gasteiger partial charge in [0.25, 0.3) is 0 Å². The monoisotopic (exact) mass is 846 g/mol. The third-order valence-electron chi connectivity index (χ3n) is 12.2. The Kier molecular flexibility index (Phi) is 48.6. The Bertz CT molecular complexity index is 935. The lowest BCUT2D eigenvalue weighted by molar-refractivity contribution is -0.143. The van der Waals surface area contributed by atoms with Crippen LogP contribution in [0.2, 0.25) is 0 Å². The Morgan fingerprint density at radius 2 is 0.783 bits per heavy atom. The van der Waals surface area contributed by atoms with Crippen LogP contribution in [0, 0.1) is 0 Å². The molecule has 0 fully saturated rings. The Hall–Kier alpha value is -1.66. The predicted molar refractivity (Wildman–Crippen MR) is 260 cm³/mol. The summed E-state index contributed by atoms with van der Waals surface area (Å²) in [6, 6.07) is -0.553. The van der Waals surface area contributed by atoms with Crippen LogP contribution in [-0.4, -0.2) is 47.4 Å². The lowest BCUT2D eigenvalue weighted by Gasteiger charge is -2.22. The Morgan fingerprint density at radius 3 is 1.20 bits per heavy atom. The average molecular weight is 846 g/mol. The standard InChI is InChI=1S/C54H103NO5/c1-3-5-7-9-11-13-15-17-23-26-30-34-38-42-46-52(57)51(50-56)55-53(58)47-43-39-35-31-27-24-20-18-19-21-25-29-33-37-41-45-49-60-54(59)48-44-40-36-32-28-22-16-14-12-10-8-6-4-2/h14,16,18,20,51-52,56-57H,3-13,15,17,19,21-50H2,1-2H3,(H,55,58)/b16-14-,20-18-. The van der Waals surface area contributed by atoms with Gasteiger partial charge in [0, 0.05) is 12.8 Å². The van der Waals surface area contributed by atoms with E-state index in [1.807, 2.05) is 0 Å². The molecular formula is C54H103NO5. The zero-order valence-electron chi connectivity index (χ0n) is 40.2. The SMILES string of the molecule is CCCCCC/C=C\CCCCCCCC(=O)OCCCCCCCCC/C=C\CCCCCCCC(=O)NC(CO)C(O)CCCCCCCCCCCCCCCC. The quantitative estimate of drug-likeness (QED) is 0.0322. The number of nitrogens with one attached hydrogen (secondary N) is 1. The smallest absolute Gasteiger partial charge is 0.305 e. The number of carbonyl (C=O) groups is 2. The summed E-state index contributed by atoms with van der Waals surface area (Å²) >= 11 is 0. The van der Waals surface area contributed by atoms with E-state index in [2.05, 4.69) is 43.5 Å². The second-order valence-electron chi connectivity index (χ2n) is 18.2. The number of rotatable bonds is 49. The molecule has 2 atom stereocenters. The lowest BCUT2D eigenvalue weighted by atomic mass is 10.0. The molecule has 0 aliphatic heterocycles. The predicted octanol–water partition coefficient (Wildman–Crippen LogP) is 15.9. The largest absolute Gasteiger partial charge is 0.466 e. The van der Waals surface area contributed by atoms with Gasteiger partial charge in [-0.3, -0.25) is 9.59 Å². The number of unbranched alkanes of at least 4 members (excludes halogenated alkanes) is 34. The van der Waals surface area contributed by atoms with Crippen molar-refractivity contribution < 1.29 is 24.5 Å². The van der Waals surface area contributed by atoms with E-state index in [0.717, 1.165) is 64.2 Å². The summed E-state index contributed by atoms with van der Waals surface area (Å²) in [4.78, 5) is 24.4. The molecule has 2 unspecified atom stereocenters. The first kappa shape index (κ1) is 58.3. The van der Waals surface area contributed by atoms with E-state index < -0.39 is 12.1 Å². The van der Waals surface area contributed by atoms with Crippen molar-refractivity contribution in [2.45, 2.75) is 296 Å². The number of aliphatic hydroxyl groups is 2. The normalized spacial score (nSPS) is 12.8. The van der Waals surface area contributed by atoms with E-state index in [1.54, 1.807) is 0 Å². The fourth-order valence-electron chi connectivity index (χ4n) is 8.10. The maximum atomic E-state index is 12.4. The van der Waals surface area contributed by atoms with Gasteiger partial charge in [-0.25, -0.2) is 0 Å². The van der Waals surface area contributed by atoms with Gasteiger partial charge in [0.1, 0.15) is 0 Å². The van der Waals surface area contributed by atoms with Crippen LogP contribution in [0.4, 0.5) is 0 Å². The first-order valence-electron chi connectivity index (χ1n) is 26.6. The first-order valence-corrected chi connectivity index (χ1v) is 26.6. The van der Waals surface area contributed by atoms with Gasteiger partial charge in [-0.15, -0.1) is 0 Å². The van der Waals surface area contributed by atoms with E-state index in [0.29, 0.717) is 25.9 Å². The fraction of sp³-hybridized carbons (Fsp3) is 0.889. The zero-order valence-corrected chi connectivity index (χ0v) is 40.2. The van der Waals surface area contributed by atoms with Crippen LogP contribution in [0.1, 0.15) is 284 Å². The van der Waals surface area contributed by atoms with Gasteiger partial charge in [0.15, 0.2) is 0 Å². The van der Waals surface area contributed by atoms with Gasteiger partial charge >= 0.3 is 5.97 Å². The molecule has 0 rings (SSSR count). The molecule has 60 heavy (non-hydrogen) atoms. The van der Waals surface area contributed by atoms with Crippen LogP contribution in [0.15, 0.2) is 24.3 Å². The molecule has 0 bridgehead atoms. The summed E-state index contributed by atoms with van der Waals surface area (Å²) < 4.78 is 5.45. The van der Waals surface area contributed by atoms with Crippen molar-refractivity contribution in [1.82, 2.24) is 5.32 Å². The number of allylic oxidation sites excluding steroid dienone is 4. The van der Waals surface area contributed by atoms with Crippen molar-refractivity contribution >= 4 is 11.9 Å². The van der Waals surface area contributed by atoms with E-state index in [1.165, 1.54) is 186 Å². The topological polar surface area (TPSA) is 95.9 Å². The van der Waals surface area contributed by atoms with Crippen LogP contribution in [0.5, 0.6) is 0 Å². The van der Waals surface area contributed by atoms with Crippen LogP contribution in [0.3, 0.4) is 0 Å². The minimum absolute atomic E-state index is 0.0122. The Balaban J connectivity index is 3.47. The summed E-state index contributed by atoms with van der Waals surface area (Å²) in [5.41, 5.74) is 0. The molecule has 0 aromatic rings. The highest BCUT2D eigenvalue weighted by Gasteiger charge is 2.20. The maximum Gasteiger partial charge on any atom is 0.305 e. The first-order chi connectivity index (χ1) is 29.5. The second-order valence-corrected chi connectivity index (χ2v) is 18.2. The van der Waals surface area contributed by atoms with E-state index in [9.17, 15) is 19.8 Å². The van der Waals surface area contributed by atoms with Gasteiger partial charge < -0.3 is 20.3 Å². The molecule has 6 heteroatoms. The van der Waals surface area contributed by atoms with Gasteiger partial charge in [0.05, 0.1) is 25.4 Å². The van der Waals surface area contributed by atoms with Crippen molar-refractivity contribution in [1.29, 1.82) is 0 Å². The molecule has 0 aliphatic rings. The van der Waals surface area contributed by atoms with E-state index >= 15 is 0 Å². The van der Waals surface area contributed by atoms with E-state index in [-0.39, 0.29) is 18.5 Å². The molecule has 0 aliphatic carbocycles. The third kappa shape index (κ3) is 45.9. The molecule has 0 aromatic carbocycles. The molecule has 354 valence electrons. The van der Waals surface area contributed by atoms with Gasteiger partial charge in [-0.05, 0) is 77.0 Å². The molecule has 0 heterocycles. The molecule has 0 saturated heterocycles. The van der Waals surface area contributed by atoms with E-state index in [4.69, 9.17) is 4.74 Å². The fourth-order valence-corrected chi connectivity index (χ4v) is 8.10.